The largest absolute Gasteiger partial charge is 0.394 e. The molecule has 1 atom stereocenters. The van der Waals surface area contributed by atoms with Gasteiger partial charge in [0, 0.05) is 10.7 Å². The molecule has 144 valence electrons. The summed E-state index contributed by atoms with van der Waals surface area (Å²) in [5.41, 5.74) is 2.03. The van der Waals surface area contributed by atoms with Crippen LogP contribution in [0.4, 0.5) is 17.5 Å². The van der Waals surface area contributed by atoms with Crippen LogP contribution in [-0.2, 0) is 0 Å². The van der Waals surface area contributed by atoms with Gasteiger partial charge in [-0.05, 0) is 44.0 Å². The summed E-state index contributed by atoms with van der Waals surface area (Å²) in [5.74, 6) is 1.17. The maximum Gasteiger partial charge on any atom is 0.227 e. The minimum Gasteiger partial charge on any atom is -0.394 e. The monoisotopic (exact) mass is 389 g/mol. The summed E-state index contributed by atoms with van der Waals surface area (Å²) in [6, 6.07) is 7.26. The van der Waals surface area contributed by atoms with E-state index >= 15 is 0 Å². The first-order chi connectivity index (χ1) is 12.9. The van der Waals surface area contributed by atoms with Gasteiger partial charge in [-0.3, -0.25) is 0 Å². The number of anilines is 3. The van der Waals surface area contributed by atoms with Gasteiger partial charge in [0.25, 0.3) is 0 Å². The van der Waals surface area contributed by atoms with Crippen LogP contribution in [0.1, 0.15) is 33.7 Å². The predicted molar refractivity (Wildman–Crippen MR) is 108 cm³/mol. The Morgan fingerprint density at radius 2 is 1.81 bits per heavy atom. The number of nitrogens with one attached hydrogen (secondary N) is 2. The van der Waals surface area contributed by atoms with Crippen LogP contribution in [-0.4, -0.2) is 42.7 Å². The molecule has 2 heterocycles. The molecule has 0 spiro atoms. The van der Waals surface area contributed by atoms with Crippen LogP contribution in [0.5, 0.6) is 0 Å². The van der Waals surface area contributed by atoms with Crippen molar-refractivity contribution in [3.05, 3.63) is 29.3 Å². The van der Waals surface area contributed by atoms with E-state index in [0.29, 0.717) is 28.0 Å². The Morgan fingerprint density at radius 3 is 2.41 bits per heavy atom. The van der Waals surface area contributed by atoms with Gasteiger partial charge in [0.1, 0.15) is 0 Å². The van der Waals surface area contributed by atoms with Crippen molar-refractivity contribution in [3.8, 4) is 0 Å². The molecule has 0 saturated carbocycles. The number of aliphatic hydroxyl groups excluding tert-OH is 1. The highest BCUT2D eigenvalue weighted by Gasteiger charge is 2.19. The van der Waals surface area contributed by atoms with Crippen LogP contribution in [0.2, 0.25) is 5.02 Å². The maximum atomic E-state index is 9.63. The number of benzene rings is 1. The van der Waals surface area contributed by atoms with E-state index in [1.165, 1.54) is 0 Å². The molecule has 3 aromatic rings. The van der Waals surface area contributed by atoms with Crippen molar-refractivity contribution in [1.29, 1.82) is 0 Å². The second kappa shape index (κ2) is 8.06. The van der Waals surface area contributed by atoms with E-state index in [1.54, 1.807) is 16.8 Å². The number of aromatic nitrogens is 5. The SMILES string of the molecule is CC(C)[C@H](CO)Nc1nc(Nc2ccc(Cl)cc2)c2nnn(C(C)C)c2n1. The standard InChI is InChI=1S/C18H24ClN7O/c1-10(2)14(9-27)21-18-22-16(20-13-7-5-12(19)6-8-13)15-17(23-18)26(11(3)4)25-24-15/h5-8,10-11,14,27H,9H2,1-4H3,(H2,20,21,22,23)/t14-/m0/s1. The smallest absolute Gasteiger partial charge is 0.227 e. The molecule has 0 unspecified atom stereocenters. The van der Waals surface area contributed by atoms with Gasteiger partial charge in [0.2, 0.25) is 5.95 Å². The van der Waals surface area contributed by atoms with Crippen LogP contribution in [0.15, 0.2) is 24.3 Å². The fourth-order valence-corrected chi connectivity index (χ4v) is 2.71. The van der Waals surface area contributed by atoms with Crippen LogP contribution in [0, 0.1) is 5.92 Å². The first-order valence-corrected chi connectivity index (χ1v) is 9.29. The molecule has 0 bridgehead atoms. The average Bonchev–Trinajstić information content (AvgIpc) is 3.05. The molecule has 3 rings (SSSR count). The fourth-order valence-electron chi connectivity index (χ4n) is 2.59. The molecule has 0 aliphatic heterocycles. The number of aliphatic hydroxyl groups is 1. The normalized spacial score (nSPS) is 12.7. The molecule has 2 aromatic heterocycles. The molecule has 0 saturated heterocycles. The Kier molecular flexibility index (Phi) is 5.76. The van der Waals surface area contributed by atoms with Gasteiger partial charge in [0.05, 0.1) is 18.7 Å². The molecule has 1 aromatic carbocycles. The molecule has 0 radical (unpaired) electrons. The summed E-state index contributed by atoms with van der Waals surface area (Å²) in [4.78, 5) is 9.15. The van der Waals surface area contributed by atoms with Crippen LogP contribution < -0.4 is 10.6 Å². The highest BCUT2D eigenvalue weighted by Crippen LogP contribution is 2.26. The average molecular weight is 390 g/mol. The first kappa shape index (κ1) is 19.3. The number of fused-ring (bicyclic) bond motifs is 1. The Hall–Kier alpha value is -2.45. The van der Waals surface area contributed by atoms with Crippen LogP contribution in [0.3, 0.4) is 0 Å². The van der Waals surface area contributed by atoms with Gasteiger partial charge in [-0.25, -0.2) is 4.68 Å². The third-order valence-electron chi connectivity index (χ3n) is 4.24. The maximum absolute atomic E-state index is 9.63. The first-order valence-electron chi connectivity index (χ1n) is 8.92. The number of nitrogens with zero attached hydrogens (tertiary/aromatic N) is 5. The van der Waals surface area contributed by atoms with Gasteiger partial charge >= 0.3 is 0 Å². The quantitative estimate of drug-likeness (QED) is 0.567. The molecule has 0 aliphatic rings. The third kappa shape index (κ3) is 4.28. The minimum absolute atomic E-state index is 0.0132. The second-order valence-electron chi connectivity index (χ2n) is 7.01. The lowest BCUT2D eigenvalue weighted by molar-refractivity contribution is 0.248. The zero-order chi connectivity index (χ0) is 19.6. The van der Waals surface area contributed by atoms with E-state index in [1.807, 2.05) is 39.8 Å². The molecule has 0 amide bonds. The molecular formula is C18H24ClN7O. The summed E-state index contributed by atoms with van der Waals surface area (Å²) in [6.07, 6.45) is 0. The lowest BCUT2D eigenvalue weighted by atomic mass is 10.1. The van der Waals surface area contributed by atoms with Gasteiger partial charge in [-0.2, -0.15) is 9.97 Å². The summed E-state index contributed by atoms with van der Waals surface area (Å²) < 4.78 is 1.75. The van der Waals surface area contributed by atoms with Crippen LogP contribution in [0.25, 0.3) is 11.2 Å². The number of hydrogen-bond acceptors (Lipinski definition) is 7. The van der Waals surface area contributed by atoms with E-state index in [4.69, 9.17) is 11.6 Å². The molecule has 9 heteroatoms. The lowest BCUT2D eigenvalue weighted by Gasteiger charge is -2.20. The Balaban J connectivity index is 2.05. The zero-order valence-electron chi connectivity index (χ0n) is 15.8. The van der Waals surface area contributed by atoms with Crippen molar-refractivity contribution < 1.29 is 5.11 Å². The number of rotatable bonds is 7. The van der Waals surface area contributed by atoms with Crippen LogP contribution >= 0.6 is 11.6 Å². The molecular weight excluding hydrogens is 366 g/mol. The summed E-state index contributed by atoms with van der Waals surface area (Å²) in [5, 5.41) is 25.2. The lowest BCUT2D eigenvalue weighted by Crippen LogP contribution is -2.30. The minimum atomic E-state index is -0.158. The van der Waals surface area contributed by atoms with E-state index in [0.717, 1.165) is 5.69 Å². The Labute approximate surface area is 163 Å². The third-order valence-corrected chi connectivity index (χ3v) is 4.49. The highest BCUT2D eigenvalue weighted by molar-refractivity contribution is 6.30. The van der Waals surface area contributed by atoms with E-state index in [2.05, 4.69) is 30.9 Å². The zero-order valence-corrected chi connectivity index (χ0v) is 16.6. The summed E-state index contributed by atoms with van der Waals surface area (Å²) >= 11 is 5.96. The van der Waals surface area contributed by atoms with Crippen molar-refractivity contribution in [1.82, 2.24) is 25.0 Å². The van der Waals surface area contributed by atoms with Crippen molar-refractivity contribution in [2.24, 2.45) is 5.92 Å². The van der Waals surface area contributed by atoms with Gasteiger partial charge in [-0.1, -0.05) is 30.7 Å². The highest BCUT2D eigenvalue weighted by atomic mass is 35.5. The second-order valence-corrected chi connectivity index (χ2v) is 7.44. The number of halogens is 1. The fraction of sp³-hybridized carbons (Fsp3) is 0.444. The molecule has 0 aliphatic carbocycles. The topological polar surface area (TPSA) is 101 Å². The van der Waals surface area contributed by atoms with Gasteiger partial charge in [0.15, 0.2) is 17.0 Å². The Bertz CT molecular complexity index is 908. The Morgan fingerprint density at radius 1 is 1.11 bits per heavy atom. The van der Waals surface area contributed by atoms with E-state index < -0.39 is 0 Å². The predicted octanol–water partition coefficient (Wildman–Crippen LogP) is 3.63. The van der Waals surface area contributed by atoms with Crippen molar-refractivity contribution in [3.63, 3.8) is 0 Å². The molecule has 27 heavy (non-hydrogen) atoms. The van der Waals surface area contributed by atoms with Crippen molar-refractivity contribution >= 4 is 40.2 Å². The molecule has 8 nitrogen and oxygen atoms in total. The summed E-state index contributed by atoms with van der Waals surface area (Å²) in [6.45, 7) is 8.07. The van der Waals surface area contributed by atoms with Gasteiger partial charge < -0.3 is 15.7 Å². The van der Waals surface area contributed by atoms with E-state index in [9.17, 15) is 5.11 Å². The van der Waals surface area contributed by atoms with E-state index in [-0.39, 0.29) is 24.6 Å². The van der Waals surface area contributed by atoms with Gasteiger partial charge in [-0.15, -0.1) is 5.10 Å². The van der Waals surface area contributed by atoms with Crippen molar-refractivity contribution in [2.75, 3.05) is 17.2 Å². The summed E-state index contributed by atoms with van der Waals surface area (Å²) in [7, 11) is 0. The molecule has 0 fully saturated rings. The number of hydrogen-bond donors (Lipinski definition) is 3. The molecule has 3 N–H and O–H groups in total. The van der Waals surface area contributed by atoms with Crippen molar-refractivity contribution in [2.45, 2.75) is 39.8 Å².